The molecule has 0 unspecified atom stereocenters. The van der Waals surface area contributed by atoms with Gasteiger partial charge in [0.1, 0.15) is 0 Å². The first-order chi connectivity index (χ1) is 11.9. The Morgan fingerprint density at radius 3 is 2.38 bits per heavy atom. The van der Waals surface area contributed by atoms with Crippen LogP contribution in [0.2, 0.25) is 0 Å². The minimum atomic E-state index is 0.567. The maximum absolute atomic E-state index is 5.96. The van der Waals surface area contributed by atoms with Crippen LogP contribution in [0.3, 0.4) is 0 Å². The average molecular weight is 316 g/mol. The van der Waals surface area contributed by atoms with Crippen LogP contribution >= 0.6 is 0 Å². The molecular weight excluding hydrogens is 300 g/mol. The van der Waals surface area contributed by atoms with Gasteiger partial charge in [-0.25, -0.2) is 4.40 Å². The van der Waals surface area contributed by atoms with Gasteiger partial charge >= 0.3 is 0 Å². The molecule has 118 valence electrons. The number of ether oxygens (including phenoxy) is 1. The third-order valence-corrected chi connectivity index (χ3v) is 3.80. The third-order valence-electron chi connectivity index (χ3n) is 3.80. The highest BCUT2D eigenvalue weighted by Gasteiger charge is 2.12. The molecule has 0 saturated carbocycles. The first-order valence-electron chi connectivity index (χ1n) is 7.83. The lowest BCUT2D eigenvalue weighted by Gasteiger charge is -2.09. The molecule has 0 spiro atoms. The van der Waals surface area contributed by atoms with Crippen molar-refractivity contribution in [3.05, 3.63) is 78.6 Å². The summed E-state index contributed by atoms with van der Waals surface area (Å²) in [5.74, 6) is 1.40. The lowest BCUT2D eigenvalue weighted by atomic mass is 10.2. The van der Waals surface area contributed by atoms with Crippen molar-refractivity contribution >= 4 is 5.65 Å². The van der Waals surface area contributed by atoms with E-state index in [0.29, 0.717) is 18.1 Å². The first kappa shape index (κ1) is 14.4. The zero-order valence-electron chi connectivity index (χ0n) is 13.0. The summed E-state index contributed by atoms with van der Waals surface area (Å²) in [5.41, 5.74) is 2.90. The van der Waals surface area contributed by atoms with Crippen LogP contribution in [0.5, 0.6) is 5.88 Å². The molecule has 4 aromatic rings. The van der Waals surface area contributed by atoms with E-state index in [2.05, 4.69) is 27.3 Å². The average Bonchev–Trinajstić information content (AvgIpc) is 3.08. The molecule has 0 aliphatic carbocycles. The number of aromatic nitrogens is 4. The second kappa shape index (κ2) is 6.50. The Labute approximate surface area is 139 Å². The van der Waals surface area contributed by atoms with Crippen LogP contribution in [0.15, 0.2) is 73.1 Å². The predicted octanol–water partition coefficient (Wildman–Crippen LogP) is 3.41. The summed E-state index contributed by atoms with van der Waals surface area (Å²) in [7, 11) is 0. The van der Waals surface area contributed by atoms with Gasteiger partial charge in [0, 0.05) is 12.0 Å². The molecule has 0 fully saturated rings. The Bertz CT molecular complexity index is 935. The highest BCUT2D eigenvalue weighted by Crippen LogP contribution is 2.22. The third kappa shape index (κ3) is 2.84. The van der Waals surface area contributed by atoms with Gasteiger partial charge in [-0.2, -0.15) is 0 Å². The summed E-state index contributed by atoms with van der Waals surface area (Å²) in [5, 5.41) is 8.48. The highest BCUT2D eigenvalue weighted by atomic mass is 16.5. The second-order valence-corrected chi connectivity index (χ2v) is 5.41. The topological polar surface area (TPSA) is 52.3 Å². The van der Waals surface area contributed by atoms with E-state index < -0.39 is 0 Å². The van der Waals surface area contributed by atoms with Crippen molar-refractivity contribution < 1.29 is 4.74 Å². The van der Waals surface area contributed by atoms with Crippen LogP contribution in [-0.4, -0.2) is 26.2 Å². The van der Waals surface area contributed by atoms with Gasteiger partial charge in [0.05, 0.1) is 19.0 Å². The number of nitrogens with zero attached hydrogens (tertiary/aromatic N) is 4. The van der Waals surface area contributed by atoms with Crippen LogP contribution in [0.4, 0.5) is 0 Å². The summed E-state index contributed by atoms with van der Waals surface area (Å²) in [6.07, 6.45) is 4.22. The first-order valence-corrected chi connectivity index (χ1v) is 7.83. The van der Waals surface area contributed by atoms with Crippen molar-refractivity contribution in [3.63, 3.8) is 0 Å². The molecule has 2 aromatic heterocycles. The Morgan fingerprint density at radius 1 is 0.833 bits per heavy atom. The monoisotopic (exact) mass is 316 g/mol. The van der Waals surface area contributed by atoms with E-state index in [1.807, 2.05) is 52.9 Å². The molecule has 5 nitrogen and oxygen atoms in total. The van der Waals surface area contributed by atoms with Gasteiger partial charge in [0.25, 0.3) is 0 Å². The molecule has 0 aliphatic heterocycles. The second-order valence-electron chi connectivity index (χ2n) is 5.41. The summed E-state index contributed by atoms with van der Waals surface area (Å²) >= 11 is 0. The van der Waals surface area contributed by atoms with E-state index >= 15 is 0 Å². The lowest BCUT2D eigenvalue weighted by molar-refractivity contribution is 0.304. The molecule has 0 saturated heterocycles. The Kier molecular flexibility index (Phi) is 3.90. The summed E-state index contributed by atoms with van der Waals surface area (Å²) < 4.78 is 7.86. The van der Waals surface area contributed by atoms with Crippen molar-refractivity contribution in [2.24, 2.45) is 0 Å². The standard InChI is InChI=1S/C19H16N4O/c1-3-7-15(8-4-1)11-12-24-18-14-20-13-17-21-22-19(23(17)18)16-9-5-2-6-10-16/h1-10,13-14H,11-12H2. The van der Waals surface area contributed by atoms with Gasteiger partial charge in [0.15, 0.2) is 11.5 Å². The molecule has 0 N–H and O–H groups in total. The SMILES string of the molecule is c1ccc(CCOc2cncc3nnc(-c4ccccc4)n23)cc1. The van der Waals surface area contributed by atoms with Crippen molar-refractivity contribution in [1.82, 2.24) is 19.6 Å². The van der Waals surface area contributed by atoms with Crippen molar-refractivity contribution in [2.75, 3.05) is 6.61 Å². The van der Waals surface area contributed by atoms with E-state index in [1.54, 1.807) is 12.4 Å². The van der Waals surface area contributed by atoms with E-state index in [9.17, 15) is 0 Å². The minimum Gasteiger partial charge on any atom is -0.477 e. The van der Waals surface area contributed by atoms with Gasteiger partial charge in [-0.15, -0.1) is 10.2 Å². The Hall–Kier alpha value is -3.21. The van der Waals surface area contributed by atoms with E-state index in [1.165, 1.54) is 5.56 Å². The largest absolute Gasteiger partial charge is 0.477 e. The molecule has 0 bridgehead atoms. The zero-order chi connectivity index (χ0) is 16.2. The van der Waals surface area contributed by atoms with Crippen LogP contribution < -0.4 is 4.74 Å². The number of hydrogen-bond donors (Lipinski definition) is 0. The van der Waals surface area contributed by atoms with Crippen LogP contribution in [0.1, 0.15) is 5.56 Å². The number of benzene rings is 2. The minimum absolute atomic E-state index is 0.567. The fourth-order valence-electron chi connectivity index (χ4n) is 2.62. The molecule has 0 atom stereocenters. The predicted molar refractivity (Wildman–Crippen MR) is 91.9 cm³/mol. The fourth-order valence-corrected chi connectivity index (χ4v) is 2.62. The smallest absolute Gasteiger partial charge is 0.220 e. The maximum atomic E-state index is 5.96. The molecule has 24 heavy (non-hydrogen) atoms. The van der Waals surface area contributed by atoms with Gasteiger partial charge < -0.3 is 4.74 Å². The van der Waals surface area contributed by atoms with Crippen LogP contribution in [0.25, 0.3) is 17.0 Å². The van der Waals surface area contributed by atoms with Crippen LogP contribution in [0, 0.1) is 0 Å². The van der Waals surface area contributed by atoms with E-state index in [-0.39, 0.29) is 0 Å². The Morgan fingerprint density at radius 2 is 1.58 bits per heavy atom. The summed E-state index contributed by atoms with van der Waals surface area (Å²) in [4.78, 5) is 4.20. The van der Waals surface area contributed by atoms with Gasteiger partial charge in [0.2, 0.25) is 5.88 Å². The highest BCUT2D eigenvalue weighted by molar-refractivity contribution is 5.60. The van der Waals surface area contributed by atoms with Gasteiger partial charge in [-0.05, 0) is 5.56 Å². The van der Waals surface area contributed by atoms with E-state index in [4.69, 9.17) is 4.74 Å². The number of rotatable bonds is 5. The molecule has 2 heterocycles. The summed E-state index contributed by atoms with van der Waals surface area (Å²) in [6, 6.07) is 20.2. The number of fused-ring (bicyclic) bond motifs is 1. The molecular formula is C19H16N4O. The Balaban J connectivity index is 1.62. The van der Waals surface area contributed by atoms with Gasteiger partial charge in [-0.1, -0.05) is 60.7 Å². The van der Waals surface area contributed by atoms with Crippen molar-refractivity contribution in [3.8, 4) is 17.3 Å². The van der Waals surface area contributed by atoms with E-state index in [0.717, 1.165) is 17.8 Å². The lowest BCUT2D eigenvalue weighted by Crippen LogP contribution is -2.06. The summed E-state index contributed by atoms with van der Waals surface area (Å²) in [6.45, 7) is 0.567. The molecule has 2 aromatic carbocycles. The normalized spacial score (nSPS) is 10.8. The number of hydrogen-bond acceptors (Lipinski definition) is 4. The molecule has 0 aliphatic rings. The molecule has 5 heteroatoms. The molecule has 0 amide bonds. The zero-order valence-corrected chi connectivity index (χ0v) is 13.0. The maximum Gasteiger partial charge on any atom is 0.220 e. The fraction of sp³-hybridized carbons (Fsp3) is 0.105. The van der Waals surface area contributed by atoms with Crippen molar-refractivity contribution in [2.45, 2.75) is 6.42 Å². The van der Waals surface area contributed by atoms with Gasteiger partial charge in [-0.3, -0.25) is 4.98 Å². The van der Waals surface area contributed by atoms with Crippen molar-refractivity contribution in [1.29, 1.82) is 0 Å². The molecule has 0 radical (unpaired) electrons. The quantitative estimate of drug-likeness (QED) is 0.566. The molecule has 4 rings (SSSR count). The van der Waals surface area contributed by atoms with Crippen LogP contribution in [-0.2, 0) is 6.42 Å².